The molecule has 3 amide bonds. The number of nitrogens with one attached hydrogen (secondary N) is 2. The molecule has 1 aromatic heterocycles. The number of hydrazine groups is 1. The molecule has 2 aliphatic rings. The summed E-state index contributed by atoms with van der Waals surface area (Å²) in [6.07, 6.45) is 5.52. The Morgan fingerprint density at radius 3 is 2.35 bits per heavy atom. The van der Waals surface area contributed by atoms with Crippen molar-refractivity contribution in [2.75, 3.05) is 32.8 Å². The van der Waals surface area contributed by atoms with Crippen molar-refractivity contribution in [1.82, 2.24) is 10.9 Å². The highest BCUT2D eigenvalue weighted by molar-refractivity contribution is 7.14. The van der Waals surface area contributed by atoms with Crippen LogP contribution in [0.15, 0.2) is 18.2 Å². The van der Waals surface area contributed by atoms with Gasteiger partial charge in [-0.05, 0) is 37.3 Å². The maximum atomic E-state index is 12.7. The molecule has 1 unspecified atom stereocenters. The molecule has 2 heterocycles. The van der Waals surface area contributed by atoms with Gasteiger partial charge in [0.25, 0.3) is 5.91 Å². The second-order valence-corrected chi connectivity index (χ2v) is 9.49. The van der Waals surface area contributed by atoms with E-state index in [0.717, 1.165) is 25.7 Å². The molecule has 2 N–H and O–H groups in total. The third-order valence-electron chi connectivity index (χ3n) is 6.23. The molecule has 1 aromatic carbocycles. The highest BCUT2D eigenvalue weighted by atomic mass is 32.1. The highest BCUT2D eigenvalue weighted by Crippen LogP contribution is 2.42. The van der Waals surface area contributed by atoms with E-state index >= 15 is 0 Å². The summed E-state index contributed by atoms with van der Waals surface area (Å²) < 4.78 is 16.1. The van der Waals surface area contributed by atoms with E-state index in [-0.39, 0.29) is 24.8 Å². The number of thiophene rings is 1. The van der Waals surface area contributed by atoms with Crippen molar-refractivity contribution in [2.24, 2.45) is 5.92 Å². The lowest BCUT2D eigenvalue weighted by Gasteiger charge is -2.20. The number of anilines is 1. The van der Waals surface area contributed by atoms with E-state index < -0.39 is 11.8 Å². The van der Waals surface area contributed by atoms with Gasteiger partial charge < -0.3 is 19.1 Å². The number of carbonyl (C=O) groups excluding carboxylic acids is 3. The third kappa shape index (κ3) is 4.82. The number of benzene rings is 1. The molecule has 34 heavy (non-hydrogen) atoms. The van der Waals surface area contributed by atoms with Gasteiger partial charge >= 0.3 is 0 Å². The molecular weight excluding hydrogens is 458 g/mol. The molecule has 0 bridgehead atoms. The van der Waals surface area contributed by atoms with Crippen LogP contribution in [0.2, 0.25) is 0 Å². The molecule has 0 spiro atoms. The second kappa shape index (κ2) is 10.3. The molecule has 1 saturated heterocycles. The van der Waals surface area contributed by atoms with Crippen molar-refractivity contribution in [3.05, 3.63) is 33.5 Å². The van der Waals surface area contributed by atoms with Crippen LogP contribution in [0.1, 0.15) is 45.8 Å². The SMILES string of the molecule is COc1cc(N2CC(C(=O)NNC(=O)c3cc4c(s3)CCCCC4)CC2=O)cc(OC)c1OC. The smallest absolute Gasteiger partial charge is 0.279 e. The number of hydrogen-bond donors (Lipinski definition) is 2. The summed E-state index contributed by atoms with van der Waals surface area (Å²) in [5, 5.41) is 0. The van der Waals surface area contributed by atoms with Gasteiger partial charge in [0.1, 0.15) is 0 Å². The van der Waals surface area contributed by atoms with Crippen LogP contribution >= 0.6 is 11.3 Å². The minimum Gasteiger partial charge on any atom is -0.493 e. The quantitative estimate of drug-likeness (QED) is 0.480. The van der Waals surface area contributed by atoms with Gasteiger partial charge in [-0.3, -0.25) is 25.2 Å². The molecule has 2 aromatic rings. The van der Waals surface area contributed by atoms with Crippen LogP contribution in [0.3, 0.4) is 0 Å². The van der Waals surface area contributed by atoms with Gasteiger partial charge in [0.2, 0.25) is 17.6 Å². The number of methoxy groups -OCH3 is 3. The summed E-state index contributed by atoms with van der Waals surface area (Å²) in [7, 11) is 4.50. The predicted octanol–water partition coefficient (Wildman–Crippen LogP) is 2.86. The molecule has 1 fully saturated rings. The van der Waals surface area contributed by atoms with Gasteiger partial charge in [0, 0.05) is 30.0 Å². The number of rotatable bonds is 6. The number of nitrogens with zero attached hydrogens (tertiary/aromatic N) is 1. The second-order valence-electron chi connectivity index (χ2n) is 8.35. The first-order valence-electron chi connectivity index (χ1n) is 11.3. The van der Waals surface area contributed by atoms with E-state index in [9.17, 15) is 14.4 Å². The lowest BCUT2D eigenvalue weighted by molar-refractivity contribution is -0.126. The molecule has 182 valence electrons. The summed E-state index contributed by atoms with van der Waals surface area (Å²) in [5.41, 5.74) is 6.78. The van der Waals surface area contributed by atoms with Crippen LogP contribution in [0.5, 0.6) is 17.2 Å². The lowest BCUT2D eigenvalue weighted by Crippen LogP contribution is -2.45. The van der Waals surface area contributed by atoms with E-state index in [2.05, 4.69) is 10.9 Å². The fraction of sp³-hybridized carbons (Fsp3) is 0.458. The Kier molecular flexibility index (Phi) is 7.26. The Balaban J connectivity index is 1.39. The van der Waals surface area contributed by atoms with Gasteiger partial charge in [0.05, 0.1) is 37.8 Å². The molecule has 10 heteroatoms. The first kappa shape index (κ1) is 23.9. The number of carbonyl (C=O) groups is 3. The van der Waals surface area contributed by atoms with Crippen LogP contribution in [0.4, 0.5) is 5.69 Å². The maximum absolute atomic E-state index is 12.7. The summed E-state index contributed by atoms with van der Waals surface area (Å²) in [6.45, 7) is 0.173. The number of amides is 3. The van der Waals surface area contributed by atoms with Crippen LogP contribution in [0, 0.1) is 5.92 Å². The standard InChI is InChI=1S/C24H29N3O6S/c1-31-17-11-16(12-18(32-2)22(17)33-3)27-13-15(10-21(27)28)23(29)25-26-24(30)20-9-14-7-5-4-6-8-19(14)34-20/h9,11-12,15H,4-8,10,13H2,1-3H3,(H,25,29)(H,26,30). The fourth-order valence-electron chi connectivity index (χ4n) is 4.42. The van der Waals surface area contributed by atoms with Crippen LogP contribution in [-0.2, 0) is 22.4 Å². The molecule has 0 saturated carbocycles. The first-order chi connectivity index (χ1) is 16.4. The molecule has 9 nitrogen and oxygen atoms in total. The maximum Gasteiger partial charge on any atom is 0.279 e. The Morgan fingerprint density at radius 1 is 0.971 bits per heavy atom. The third-order valence-corrected chi connectivity index (χ3v) is 7.46. The van der Waals surface area contributed by atoms with Crippen LogP contribution in [-0.4, -0.2) is 45.6 Å². The first-order valence-corrected chi connectivity index (χ1v) is 12.1. The average Bonchev–Trinajstić information content (AvgIpc) is 3.37. The lowest BCUT2D eigenvalue weighted by atomic mass is 10.1. The van der Waals surface area contributed by atoms with Gasteiger partial charge in [-0.15, -0.1) is 11.3 Å². The number of fused-ring (bicyclic) bond motifs is 1. The van der Waals surface area contributed by atoms with Crippen molar-refractivity contribution < 1.29 is 28.6 Å². The minimum atomic E-state index is -0.605. The fourth-order valence-corrected chi connectivity index (χ4v) is 5.57. The summed E-state index contributed by atoms with van der Waals surface area (Å²) >= 11 is 1.49. The zero-order valence-corrected chi connectivity index (χ0v) is 20.4. The topological polar surface area (TPSA) is 106 Å². The van der Waals surface area contributed by atoms with E-state index in [1.54, 1.807) is 12.1 Å². The Morgan fingerprint density at radius 2 is 1.68 bits per heavy atom. The molecule has 1 aliphatic carbocycles. The van der Waals surface area contributed by atoms with Gasteiger partial charge in [-0.1, -0.05) is 6.42 Å². The van der Waals surface area contributed by atoms with Crippen molar-refractivity contribution in [1.29, 1.82) is 0 Å². The summed E-state index contributed by atoms with van der Waals surface area (Å²) in [6, 6.07) is 5.27. The Labute approximate surface area is 202 Å². The Hall–Kier alpha value is -3.27. The van der Waals surface area contributed by atoms with Crippen molar-refractivity contribution in [3.63, 3.8) is 0 Å². The van der Waals surface area contributed by atoms with E-state index in [1.165, 1.54) is 54.4 Å². The average molecular weight is 488 g/mol. The minimum absolute atomic E-state index is 0.0334. The molecule has 0 radical (unpaired) electrons. The van der Waals surface area contributed by atoms with Gasteiger partial charge in [0.15, 0.2) is 11.5 Å². The number of aryl methyl sites for hydroxylation is 2. The van der Waals surface area contributed by atoms with Crippen molar-refractivity contribution in [2.45, 2.75) is 38.5 Å². The van der Waals surface area contributed by atoms with Crippen LogP contribution in [0.25, 0.3) is 0 Å². The largest absolute Gasteiger partial charge is 0.493 e. The highest BCUT2D eigenvalue weighted by Gasteiger charge is 2.36. The summed E-state index contributed by atoms with van der Waals surface area (Å²) in [5.74, 6) is -0.303. The van der Waals surface area contributed by atoms with Gasteiger partial charge in [-0.25, -0.2) is 0 Å². The number of ether oxygens (including phenoxy) is 3. The van der Waals surface area contributed by atoms with E-state index in [0.29, 0.717) is 27.8 Å². The zero-order valence-electron chi connectivity index (χ0n) is 19.6. The normalized spacial score (nSPS) is 17.6. The van der Waals surface area contributed by atoms with E-state index in [1.807, 2.05) is 6.07 Å². The number of hydrogen-bond acceptors (Lipinski definition) is 7. The zero-order chi connectivity index (χ0) is 24.2. The van der Waals surface area contributed by atoms with Crippen LogP contribution < -0.4 is 30.0 Å². The molecule has 1 atom stereocenters. The van der Waals surface area contributed by atoms with Crippen molar-refractivity contribution >= 4 is 34.7 Å². The monoisotopic (exact) mass is 487 g/mol. The van der Waals surface area contributed by atoms with Gasteiger partial charge in [-0.2, -0.15) is 0 Å². The van der Waals surface area contributed by atoms with Crippen molar-refractivity contribution in [3.8, 4) is 17.2 Å². The molecular formula is C24H29N3O6S. The summed E-state index contributed by atoms with van der Waals surface area (Å²) in [4.78, 5) is 41.4. The molecule has 4 rings (SSSR count). The Bertz CT molecular complexity index is 1050. The molecule has 1 aliphatic heterocycles. The predicted molar refractivity (Wildman–Crippen MR) is 128 cm³/mol. The van der Waals surface area contributed by atoms with E-state index in [4.69, 9.17) is 14.2 Å².